The maximum absolute atomic E-state index is 11.3. The Kier molecular flexibility index (Phi) is 7.90. The zero-order chi connectivity index (χ0) is 14.8. The van der Waals surface area contributed by atoms with Gasteiger partial charge in [-0.15, -0.1) is 0 Å². The van der Waals surface area contributed by atoms with E-state index in [2.05, 4.69) is 10.1 Å². The Morgan fingerprint density at radius 3 is 2.37 bits per heavy atom. The average Bonchev–Trinajstić information content (AvgIpc) is 2.25. The van der Waals surface area contributed by atoms with Crippen molar-refractivity contribution in [1.82, 2.24) is 10.6 Å². The van der Waals surface area contributed by atoms with E-state index in [4.69, 9.17) is 5.11 Å². The Balaban J connectivity index is 3.89. The molecule has 1 unspecified atom stereocenters. The lowest BCUT2D eigenvalue weighted by Gasteiger charge is -2.09. The van der Waals surface area contributed by atoms with E-state index in [-0.39, 0.29) is 31.9 Å². The van der Waals surface area contributed by atoms with Crippen molar-refractivity contribution in [3.8, 4) is 0 Å². The molecule has 0 aliphatic heterocycles. The van der Waals surface area contributed by atoms with Crippen molar-refractivity contribution in [1.29, 1.82) is 0 Å². The zero-order valence-electron chi connectivity index (χ0n) is 10.9. The molecule has 0 rings (SSSR count). The lowest BCUT2D eigenvalue weighted by molar-refractivity contribution is -0.142. The van der Waals surface area contributed by atoms with Gasteiger partial charge in [0.2, 0.25) is 5.91 Å². The van der Waals surface area contributed by atoms with Gasteiger partial charge in [0.25, 0.3) is 0 Å². The molecule has 0 fully saturated rings. The van der Waals surface area contributed by atoms with Crippen LogP contribution in [0.1, 0.15) is 26.7 Å². The number of hydrogen-bond acceptors (Lipinski definition) is 5. The van der Waals surface area contributed by atoms with Gasteiger partial charge in [-0.05, 0) is 12.8 Å². The smallest absolute Gasteiger partial charge is 0.325 e. The maximum atomic E-state index is 11.3. The van der Waals surface area contributed by atoms with Crippen LogP contribution < -0.4 is 10.6 Å². The molecular weight excluding hydrogens is 256 g/mol. The summed E-state index contributed by atoms with van der Waals surface area (Å²) >= 11 is 0. The minimum absolute atomic E-state index is 0.0842. The van der Waals surface area contributed by atoms with Crippen molar-refractivity contribution in [3.63, 3.8) is 0 Å². The number of hydrogen-bond donors (Lipinski definition) is 3. The van der Waals surface area contributed by atoms with Gasteiger partial charge in [-0.2, -0.15) is 0 Å². The molecule has 0 aromatic carbocycles. The molecule has 0 radical (unpaired) electrons. The van der Waals surface area contributed by atoms with Crippen LogP contribution in [0.3, 0.4) is 0 Å². The first kappa shape index (κ1) is 16.9. The van der Waals surface area contributed by atoms with E-state index in [1.54, 1.807) is 13.8 Å². The number of carboxylic acid groups (broad SMARTS) is 1. The highest BCUT2D eigenvalue weighted by Gasteiger charge is 2.15. The van der Waals surface area contributed by atoms with E-state index < -0.39 is 23.9 Å². The normalized spacial score (nSPS) is 11.3. The lowest BCUT2D eigenvalue weighted by Crippen LogP contribution is -2.42. The number of carbonyl (C=O) groups is 4. The summed E-state index contributed by atoms with van der Waals surface area (Å²) in [5.41, 5.74) is 0. The molecule has 0 heterocycles. The number of nitrogens with one attached hydrogen (secondary N) is 2. The molecule has 1 atom stereocenters. The quantitative estimate of drug-likeness (QED) is 0.556. The van der Waals surface area contributed by atoms with Gasteiger partial charge >= 0.3 is 18.0 Å². The van der Waals surface area contributed by atoms with Crippen molar-refractivity contribution in [2.45, 2.75) is 26.7 Å². The molecule has 0 saturated heterocycles. The second kappa shape index (κ2) is 8.90. The van der Waals surface area contributed by atoms with Crippen LogP contribution in [0.2, 0.25) is 0 Å². The summed E-state index contributed by atoms with van der Waals surface area (Å²) in [7, 11) is 0. The molecule has 19 heavy (non-hydrogen) atoms. The second-order valence-corrected chi connectivity index (χ2v) is 3.94. The number of imide groups is 1. The third-order valence-electron chi connectivity index (χ3n) is 2.01. The molecule has 0 aliphatic carbocycles. The summed E-state index contributed by atoms with van der Waals surface area (Å²) in [5.74, 6) is -2.60. The number of esters is 1. The van der Waals surface area contributed by atoms with Crippen molar-refractivity contribution in [3.05, 3.63) is 0 Å². The number of amides is 3. The minimum Gasteiger partial charge on any atom is -0.481 e. The van der Waals surface area contributed by atoms with Crippen LogP contribution in [0.25, 0.3) is 0 Å². The number of carbonyl (C=O) groups excluding carboxylic acids is 3. The average molecular weight is 274 g/mol. The third kappa shape index (κ3) is 9.57. The van der Waals surface area contributed by atoms with Gasteiger partial charge in [-0.3, -0.25) is 19.7 Å². The Bertz CT molecular complexity index is 355. The largest absolute Gasteiger partial charge is 0.481 e. The number of rotatable bonds is 7. The maximum Gasteiger partial charge on any atom is 0.325 e. The summed E-state index contributed by atoms with van der Waals surface area (Å²) in [6.45, 7) is 3.08. The Morgan fingerprint density at radius 2 is 1.84 bits per heavy atom. The van der Waals surface area contributed by atoms with Gasteiger partial charge in [0.05, 0.1) is 6.61 Å². The van der Waals surface area contributed by atoms with E-state index in [1.165, 1.54) is 0 Å². The number of carboxylic acids is 1. The highest BCUT2D eigenvalue weighted by atomic mass is 16.5. The number of ether oxygens (including phenoxy) is 1. The predicted molar refractivity (Wildman–Crippen MR) is 64.2 cm³/mol. The molecule has 3 N–H and O–H groups in total. The predicted octanol–water partition coefficient (Wildman–Crippen LogP) is -0.124. The molecule has 0 aromatic rings. The summed E-state index contributed by atoms with van der Waals surface area (Å²) in [5, 5.41) is 12.7. The molecule has 8 nitrogen and oxygen atoms in total. The second-order valence-electron chi connectivity index (χ2n) is 3.94. The first-order valence-electron chi connectivity index (χ1n) is 5.80. The van der Waals surface area contributed by atoms with Gasteiger partial charge in [0.1, 0.15) is 6.54 Å². The molecule has 0 aromatic heterocycles. The summed E-state index contributed by atoms with van der Waals surface area (Å²) in [6, 6.07) is -0.819. The van der Waals surface area contributed by atoms with Crippen LogP contribution >= 0.6 is 0 Å². The van der Waals surface area contributed by atoms with Crippen LogP contribution in [0.15, 0.2) is 0 Å². The molecule has 8 heteroatoms. The fraction of sp³-hybridized carbons (Fsp3) is 0.636. The van der Waals surface area contributed by atoms with Crippen molar-refractivity contribution in [2.24, 2.45) is 5.92 Å². The van der Waals surface area contributed by atoms with Crippen molar-refractivity contribution < 1.29 is 29.0 Å². The number of urea groups is 1. The Labute approximate surface area is 110 Å². The molecule has 0 saturated carbocycles. The van der Waals surface area contributed by atoms with Gasteiger partial charge in [-0.25, -0.2) is 4.79 Å². The molecule has 108 valence electrons. The SMILES string of the molecule is CCOC(=O)CNC(=O)NC(=O)CC(C)CC(=O)O. The number of aliphatic carboxylic acids is 1. The van der Waals surface area contributed by atoms with Crippen LogP contribution in [0, 0.1) is 5.92 Å². The van der Waals surface area contributed by atoms with E-state index in [0.29, 0.717) is 0 Å². The summed E-state index contributed by atoms with van der Waals surface area (Å²) < 4.78 is 4.57. The third-order valence-corrected chi connectivity index (χ3v) is 2.01. The van der Waals surface area contributed by atoms with E-state index in [1.807, 2.05) is 5.32 Å². The first-order chi connectivity index (χ1) is 8.85. The van der Waals surface area contributed by atoms with Crippen LogP contribution in [0.5, 0.6) is 0 Å². The molecule has 0 bridgehead atoms. The monoisotopic (exact) mass is 274 g/mol. The molecular formula is C11H18N2O6. The van der Waals surface area contributed by atoms with Crippen LogP contribution in [-0.4, -0.2) is 42.1 Å². The van der Waals surface area contributed by atoms with Crippen molar-refractivity contribution >= 4 is 23.9 Å². The van der Waals surface area contributed by atoms with E-state index >= 15 is 0 Å². The van der Waals surface area contributed by atoms with Crippen LogP contribution in [-0.2, 0) is 19.1 Å². The van der Waals surface area contributed by atoms with Gasteiger partial charge in [0.15, 0.2) is 0 Å². The van der Waals surface area contributed by atoms with E-state index in [0.717, 1.165) is 0 Å². The Morgan fingerprint density at radius 1 is 1.21 bits per heavy atom. The Hall–Kier alpha value is -2.12. The van der Waals surface area contributed by atoms with Gasteiger partial charge in [0, 0.05) is 12.8 Å². The topological polar surface area (TPSA) is 122 Å². The molecule has 3 amide bonds. The fourth-order valence-electron chi connectivity index (χ4n) is 1.27. The highest BCUT2D eigenvalue weighted by Crippen LogP contribution is 2.06. The van der Waals surface area contributed by atoms with Crippen molar-refractivity contribution in [2.75, 3.05) is 13.2 Å². The van der Waals surface area contributed by atoms with E-state index in [9.17, 15) is 19.2 Å². The zero-order valence-corrected chi connectivity index (χ0v) is 10.9. The lowest BCUT2D eigenvalue weighted by atomic mass is 10.0. The fourth-order valence-corrected chi connectivity index (χ4v) is 1.27. The molecule has 0 spiro atoms. The highest BCUT2D eigenvalue weighted by molar-refractivity contribution is 5.95. The van der Waals surface area contributed by atoms with Crippen LogP contribution in [0.4, 0.5) is 4.79 Å². The van der Waals surface area contributed by atoms with Gasteiger partial charge < -0.3 is 15.2 Å². The minimum atomic E-state index is -1.01. The van der Waals surface area contributed by atoms with Gasteiger partial charge in [-0.1, -0.05) is 6.92 Å². The molecule has 0 aliphatic rings. The summed E-state index contributed by atoms with van der Waals surface area (Å²) in [4.78, 5) is 43.8. The first-order valence-corrected chi connectivity index (χ1v) is 5.80. The standard InChI is InChI=1S/C11H18N2O6/c1-3-19-10(17)6-12-11(18)13-8(14)4-7(2)5-9(15)16/h7H,3-6H2,1-2H3,(H,15,16)(H2,12,13,14,18). The summed E-state index contributed by atoms with van der Waals surface area (Å²) in [6.07, 6.45) is -0.239.